The third-order valence-electron chi connectivity index (χ3n) is 1.85. The second kappa shape index (κ2) is 9.02. The van der Waals surface area contributed by atoms with E-state index in [1.165, 1.54) is 21.3 Å². The molecule has 6 nitrogen and oxygen atoms in total. The molecule has 0 atom stereocenters. The fraction of sp³-hybridized carbons (Fsp3) is 1.00. The average molecular weight is 223 g/mol. The number of rotatable bonds is 10. The molecule has 0 aromatic carbocycles. The zero-order valence-electron chi connectivity index (χ0n) is 9.65. The maximum atomic E-state index is 5.28. The predicted molar refractivity (Wildman–Crippen MR) is 54.5 cm³/mol. The Labute approximate surface area is 90.6 Å². The smallest absolute Gasteiger partial charge is 0.307 e. The molecule has 0 aromatic heterocycles. The van der Waals surface area contributed by atoms with Crippen LogP contribution in [0, 0.1) is 0 Å². The molecule has 0 heterocycles. The van der Waals surface area contributed by atoms with Crippen LogP contribution in [0.3, 0.4) is 0 Å². The fourth-order valence-electron chi connectivity index (χ4n) is 0.927. The number of ether oxygens (including phenoxy) is 5. The Morgan fingerprint density at radius 1 is 0.867 bits per heavy atom. The standard InChI is InChI=1S/C9H21NO5/c1-11-9(12-2,13-3)8-15-7-6-14-5-4-10/h4-8,10H2,1-3H3. The Hall–Kier alpha value is -0.240. The Morgan fingerprint density at radius 3 is 1.87 bits per heavy atom. The molecular weight excluding hydrogens is 202 g/mol. The van der Waals surface area contributed by atoms with Gasteiger partial charge in [0, 0.05) is 27.9 Å². The van der Waals surface area contributed by atoms with E-state index in [1.54, 1.807) is 0 Å². The van der Waals surface area contributed by atoms with Crippen LogP contribution in [0.1, 0.15) is 0 Å². The van der Waals surface area contributed by atoms with Crippen molar-refractivity contribution in [2.75, 3.05) is 54.3 Å². The van der Waals surface area contributed by atoms with E-state index in [2.05, 4.69) is 0 Å². The van der Waals surface area contributed by atoms with E-state index in [0.29, 0.717) is 26.4 Å². The first-order chi connectivity index (χ1) is 7.24. The third-order valence-corrected chi connectivity index (χ3v) is 1.85. The van der Waals surface area contributed by atoms with Gasteiger partial charge in [0.05, 0.1) is 19.8 Å². The Morgan fingerprint density at radius 2 is 1.40 bits per heavy atom. The molecule has 0 saturated heterocycles. The third kappa shape index (κ3) is 6.03. The van der Waals surface area contributed by atoms with Gasteiger partial charge in [0.15, 0.2) is 0 Å². The lowest BCUT2D eigenvalue weighted by Gasteiger charge is -2.28. The summed E-state index contributed by atoms with van der Waals surface area (Å²) in [6.07, 6.45) is 0. The number of nitrogens with two attached hydrogens (primary N) is 1. The molecule has 0 rings (SSSR count). The van der Waals surface area contributed by atoms with Crippen LogP contribution in [0.15, 0.2) is 0 Å². The molecule has 0 aliphatic rings. The van der Waals surface area contributed by atoms with Crippen LogP contribution < -0.4 is 5.73 Å². The van der Waals surface area contributed by atoms with Crippen molar-refractivity contribution in [3.8, 4) is 0 Å². The van der Waals surface area contributed by atoms with Gasteiger partial charge >= 0.3 is 5.97 Å². The zero-order chi connectivity index (χ0) is 11.6. The Balaban J connectivity index is 3.54. The molecule has 0 fully saturated rings. The van der Waals surface area contributed by atoms with Crippen LogP contribution in [0.4, 0.5) is 0 Å². The molecule has 0 radical (unpaired) electrons. The Kier molecular flexibility index (Phi) is 8.88. The van der Waals surface area contributed by atoms with Gasteiger partial charge < -0.3 is 29.4 Å². The monoisotopic (exact) mass is 223 g/mol. The average Bonchev–Trinajstić information content (AvgIpc) is 2.29. The van der Waals surface area contributed by atoms with Gasteiger partial charge in [-0.2, -0.15) is 0 Å². The highest BCUT2D eigenvalue weighted by atomic mass is 16.9. The lowest BCUT2D eigenvalue weighted by Crippen LogP contribution is -2.41. The molecule has 2 N–H and O–H groups in total. The van der Waals surface area contributed by atoms with Crippen LogP contribution >= 0.6 is 0 Å². The van der Waals surface area contributed by atoms with Crippen molar-refractivity contribution >= 4 is 0 Å². The summed E-state index contributed by atoms with van der Waals surface area (Å²) >= 11 is 0. The van der Waals surface area contributed by atoms with Crippen molar-refractivity contribution in [1.82, 2.24) is 0 Å². The topological polar surface area (TPSA) is 72.2 Å². The lowest BCUT2D eigenvalue weighted by molar-refractivity contribution is -0.368. The van der Waals surface area contributed by atoms with Gasteiger partial charge in [-0.15, -0.1) is 0 Å². The maximum absolute atomic E-state index is 5.28. The van der Waals surface area contributed by atoms with E-state index < -0.39 is 5.97 Å². The Bertz CT molecular complexity index is 132. The van der Waals surface area contributed by atoms with Crippen molar-refractivity contribution in [2.45, 2.75) is 5.97 Å². The summed E-state index contributed by atoms with van der Waals surface area (Å²) in [6.45, 7) is 2.16. The summed E-state index contributed by atoms with van der Waals surface area (Å²) in [5, 5.41) is 0. The molecule has 0 aliphatic carbocycles. The van der Waals surface area contributed by atoms with E-state index in [4.69, 9.17) is 29.4 Å². The van der Waals surface area contributed by atoms with Crippen LogP contribution in [0.5, 0.6) is 0 Å². The largest absolute Gasteiger partial charge is 0.378 e. The maximum Gasteiger partial charge on any atom is 0.307 e. The van der Waals surface area contributed by atoms with Gasteiger partial charge in [0.1, 0.15) is 6.61 Å². The van der Waals surface area contributed by atoms with Crippen molar-refractivity contribution in [3.05, 3.63) is 0 Å². The molecule has 6 heteroatoms. The van der Waals surface area contributed by atoms with E-state index in [9.17, 15) is 0 Å². The van der Waals surface area contributed by atoms with Crippen LogP contribution in [0.25, 0.3) is 0 Å². The van der Waals surface area contributed by atoms with E-state index in [-0.39, 0.29) is 6.61 Å². The summed E-state index contributed by atoms with van der Waals surface area (Å²) in [6, 6.07) is 0. The summed E-state index contributed by atoms with van der Waals surface area (Å²) in [7, 11) is 4.46. The summed E-state index contributed by atoms with van der Waals surface area (Å²) in [4.78, 5) is 0. The number of hydrogen-bond acceptors (Lipinski definition) is 6. The van der Waals surface area contributed by atoms with Gasteiger partial charge in [-0.25, -0.2) is 0 Å². The second-order valence-electron chi connectivity index (χ2n) is 2.75. The summed E-state index contributed by atoms with van der Waals surface area (Å²) in [5.74, 6) is -1.13. The first-order valence-electron chi connectivity index (χ1n) is 4.75. The molecule has 0 bridgehead atoms. The minimum absolute atomic E-state index is 0.183. The number of hydrogen-bond donors (Lipinski definition) is 1. The minimum atomic E-state index is -1.13. The molecule has 0 aliphatic heterocycles. The van der Waals surface area contributed by atoms with E-state index in [1.807, 2.05) is 0 Å². The van der Waals surface area contributed by atoms with Gasteiger partial charge in [0.2, 0.25) is 0 Å². The zero-order valence-corrected chi connectivity index (χ0v) is 9.65. The van der Waals surface area contributed by atoms with Crippen LogP contribution in [0.2, 0.25) is 0 Å². The lowest BCUT2D eigenvalue weighted by atomic mass is 10.6. The van der Waals surface area contributed by atoms with Crippen molar-refractivity contribution in [3.63, 3.8) is 0 Å². The molecule has 0 amide bonds. The highest BCUT2D eigenvalue weighted by molar-refractivity contribution is 4.52. The number of methoxy groups -OCH3 is 3. The quantitative estimate of drug-likeness (QED) is 0.400. The van der Waals surface area contributed by atoms with Gasteiger partial charge in [-0.05, 0) is 0 Å². The second-order valence-corrected chi connectivity index (χ2v) is 2.75. The van der Waals surface area contributed by atoms with Crippen LogP contribution in [-0.4, -0.2) is 60.3 Å². The molecule has 0 saturated carbocycles. The fourth-order valence-corrected chi connectivity index (χ4v) is 0.927. The highest BCUT2D eigenvalue weighted by Crippen LogP contribution is 2.11. The van der Waals surface area contributed by atoms with E-state index in [0.717, 1.165) is 0 Å². The van der Waals surface area contributed by atoms with Gasteiger partial charge in [0.25, 0.3) is 0 Å². The molecule has 92 valence electrons. The first-order valence-corrected chi connectivity index (χ1v) is 4.75. The van der Waals surface area contributed by atoms with Crippen molar-refractivity contribution in [1.29, 1.82) is 0 Å². The normalized spacial score (nSPS) is 12.0. The van der Waals surface area contributed by atoms with Crippen LogP contribution in [-0.2, 0) is 23.7 Å². The minimum Gasteiger partial charge on any atom is -0.378 e. The predicted octanol–water partition coefficient (Wildman–Crippen LogP) is -0.429. The molecule has 0 spiro atoms. The van der Waals surface area contributed by atoms with Crippen molar-refractivity contribution < 1.29 is 23.7 Å². The summed E-state index contributed by atoms with van der Waals surface area (Å²) in [5.41, 5.74) is 5.25. The SMILES string of the molecule is COC(COCCOCCN)(OC)OC. The van der Waals surface area contributed by atoms with Gasteiger partial charge in [-0.3, -0.25) is 0 Å². The summed E-state index contributed by atoms with van der Waals surface area (Å²) < 4.78 is 25.5. The molecular formula is C9H21NO5. The molecule has 15 heavy (non-hydrogen) atoms. The molecule has 0 aromatic rings. The van der Waals surface area contributed by atoms with E-state index >= 15 is 0 Å². The molecule has 0 unspecified atom stereocenters. The van der Waals surface area contributed by atoms with Crippen molar-refractivity contribution in [2.24, 2.45) is 5.73 Å². The van der Waals surface area contributed by atoms with Gasteiger partial charge in [-0.1, -0.05) is 0 Å². The first kappa shape index (κ1) is 14.8. The highest BCUT2D eigenvalue weighted by Gasteiger charge is 2.29.